The minimum absolute atomic E-state index is 0.345. The van der Waals surface area contributed by atoms with E-state index < -0.39 is 11.0 Å². The van der Waals surface area contributed by atoms with E-state index in [1.165, 1.54) is 0 Å². The van der Waals surface area contributed by atoms with Crippen LogP contribution in [-0.2, 0) is 11.0 Å². The van der Waals surface area contributed by atoms with Gasteiger partial charge in [0.2, 0.25) is 0 Å². The third-order valence-electron chi connectivity index (χ3n) is 2.31. The van der Waals surface area contributed by atoms with Crippen molar-refractivity contribution in [2.24, 2.45) is 0 Å². The first-order valence-electron chi connectivity index (χ1n) is 4.69. The molecule has 3 nitrogen and oxygen atoms in total. The lowest BCUT2D eigenvalue weighted by Crippen LogP contribution is -1.91. The van der Waals surface area contributed by atoms with Crippen molar-refractivity contribution in [3.05, 3.63) is 48.5 Å². The van der Waals surface area contributed by atoms with Crippen LogP contribution in [0.25, 0.3) is 16.8 Å². The van der Waals surface area contributed by atoms with Gasteiger partial charge in [-0.15, -0.1) is 0 Å². The molecule has 0 atom stereocenters. The molecule has 2 aromatic rings. The normalized spacial score (nSPS) is 10.6. The standard InChI is InChI=1S/C12H10O3S/c1-2-9-7-8-12(15-16(13)14)11-6-4-3-5-10(9)11/h2-8,16H,1H2. The lowest BCUT2D eigenvalue weighted by atomic mass is 10.0. The Morgan fingerprint density at radius 2 is 1.75 bits per heavy atom. The molecular weight excluding hydrogens is 224 g/mol. The van der Waals surface area contributed by atoms with Gasteiger partial charge in [0.05, 0.1) is 0 Å². The number of hydrogen-bond acceptors (Lipinski definition) is 3. The van der Waals surface area contributed by atoms with E-state index in [-0.39, 0.29) is 0 Å². The Balaban J connectivity index is 2.73. The van der Waals surface area contributed by atoms with Crippen LogP contribution < -0.4 is 4.18 Å². The van der Waals surface area contributed by atoms with E-state index >= 15 is 0 Å². The SMILES string of the molecule is C=Cc1ccc(O[SH](=O)=O)c2ccccc12. The van der Waals surface area contributed by atoms with Crippen LogP contribution in [0.5, 0.6) is 5.75 Å². The zero-order valence-electron chi connectivity index (χ0n) is 8.42. The predicted molar refractivity (Wildman–Crippen MR) is 65.0 cm³/mol. The molecule has 82 valence electrons. The van der Waals surface area contributed by atoms with Crippen molar-refractivity contribution in [2.45, 2.75) is 0 Å². The number of fused-ring (bicyclic) bond motifs is 1. The van der Waals surface area contributed by atoms with E-state index in [1.54, 1.807) is 18.2 Å². The Kier molecular flexibility index (Phi) is 2.92. The van der Waals surface area contributed by atoms with Gasteiger partial charge < -0.3 is 4.18 Å². The summed E-state index contributed by atoms with van der Waals surface area (Å²) in [5.74, 6) is 0.345. The van der Waals surface area contributed by atoms with Gasteiger partial charge in [0.25, 0.3) is 11.0 Å². The van der Waals surface area contributed by atoms with Crippen LogP contribution in [0.3, 0.4) is 0 Å². The summed E-state index contributed by atoms with van der Waals surface area (Å²) in [5.41, 5.74) is 0.948. The largest absolute Gasteiger partial charge is 0.384 e. The molecule has 0 aliphatic carbocycles. The number of thiol groups is 1. The van der Waals surface area contributed by atoms with E-state index in [2.05, 4.69) is 6.58 Å². The van der Waals surface area contributed by atoms with Gasteiger partial charge in [-0.05, 0) is 17.0 Å². The fourth-order valence-electron chi connectivity index (χ4n) is 1.63. The lowest BCUT2D eigenvalue weighted by molar-refractivity contribution is 0.513. The molecular formula is C12H10O3S. The number of benzene rings is 2. The summed E-state index contributed by atoms with van der Waals surface area (Å²) < 4.78 is 25.9. The van der Waals surface area contributed by atoms with E-state index in [4.69, 9.17) is 4.18 Å². The van der Waals surface area contributed by atoms with Crippen LogP contribution in [0.4, 0.5) is 0 Å². The second kappa shape index (κ2) is 4.37. The fourth-order valence-corrected chi connectivity index (χ4v) is 1.95. The summed E-state index contributed by atoms with van der Waals surface area (Å²) in [5, 5.41) is 1.69. The Bertz CT molecular complexity index is 607. The van der Waals surface area contributed by atoms with Gasteiger partial charge in [0.15, 0.2) is 0 Å². The quantitative estimate of drug-likeness (QED) is 0.829. The molecule has 0 heterocycles. The summed E-state index contributed by atoms with van der Waals surface area (Å²) in [6.07, 6.45) is 1.73. The molecule has 0 aliphatic rings. The zero-order valence-corrected chi connectivity index (χ0v) is 9.31. The van der Waals surface area contributed by atoms with Gasteiger partial charge in [-0.3, -0.25) is 0 Å². The monoisotopic (exact) mass is 234 g/mol. The molecule has 0 fully saturated rings. The maximum atomic E-state index is 10.6. The maximum absolute atomic E-state index is 10.6. The van der Waals surface area contributed by atoms with E-state index in [0.717, 1.165) is 16.3 Å². The number of rotatable bonds is 3. The van der Waals surface area contributed by atoms with Gasteiger partial charge in [0, 0.05) is 5.39 Å². The van der Waals surface area contributed by atoms with Crippen LogP contribution in [0, 0.1) is 0 Å². The van der Waals surface area contributed by atoms with Gasteiger partial charge in [-0.1, -0.05) is 43.0 Å². The second-order valence-corrected chi connectivity index (χ2v) is 3.85. The maximum Gasteiger partial charge on any atom is 0.299 e. The van der Waals surface area contributed by atoms with Gasteiger partial charge in [0.1, 0.15) is 5.75 Å². The summed E-state index contributed by atoms with van der Waals surface area (Å²) in [6, 6.07) is 10.8. The summed E-state index contributed by atoms with van der Waals surface area (Å²) in [6.45, 7) is 3.71. The summed E-state index contributed by atoms with van der Waals surface area (Å²) in [7, 11) is -2.89. The van der Waals surface area contributed by atoms with Crippen LogP contribution in [0.2, 0.25) is 0 Å². The van der Waals surface area contributed by atoms with Crippen LogP contribution in [0.1, 0.15) is 5.56 Å². The van der Waals surface area contributed by atoms with Crippen LogP contribution >= 0.6 is 0 Å². The minimum atomic E-state index is -2.89. The summed E-state index contributed by atoms with van der Waals surface area (Å²) >= 11 is 0. The average Bonchev–Trinajstić information content (AvgIpc) is 2.29. The van der Waals surface area contributed by atoms with Gasteiger partial charge in [-0.25, -0.2) is 0 Å². The topological polar surface area (TPSA) is 43.4 Å². The number of hydrogen-bond donors (Lipinski definition) is 1. The molecule has 0 N–H and O–H groups in total. The molecule has 2 rings (SSSR count). The second-order valence-electron chi connectivity index (χ2n) is 3.22. The highest BCUT2D eigenvalue weighted by molar-refractivity contribution is 7.67. The molecule has 0 saturated heterocycles. The van der Waals surface area contributed by atoms with Crippen molar-refractivity contribution < 1.29 is 12.6 Å². The Morgan fingerprint density at radius 1 is 1.06 bits per heavy atom. The first kappa shape index (κ1) is 10.7. The molecule has 4 heteroatoms. The van der Waals surface area contributed by atoms with Gasteiger partial charge in [-0.2, -0.15) is 8.42 Å². The molecule has 16 heavy (non-hydrogen) atoms. The smallest absolute Gasteiger partial charge is 0.299 e. The Hall–Kier alpha value is -1.81. The van der Waals surface area contributed by atoms with Crippen molar-refractivity contribution in [1.29, 1.82) is 0 Å². The fraction of sp³-hybridized carbons (Fsp3) is 0. The predicted octanol–water partition coefficient (Wildman–Crippen LogP) is 2.39. The van der Waals surface area contributed by atoms with Gasteiger partial charge >= 0.3 is 0 Å². The molecule has 0 bridgehead atoms. The Labute approximate surface area is 95.1 Å². The van der Waals surface area contributed by atoms with E-state index in [1.807, 2.05) is 24.3 Å². The van der Waals surface area contributed by atoms with Crippen LogP contribution in [0.15, 0.2) is 43.0 Å². The molecule has 0 radical (unpaired) electrons. The average molecular weight is 234 g/mol. The lowest BCUT2D eigenvalue weighted by Gasteiger charge is -2.06. The van der Waals surface area contributed by atoms with E-state index in [0.29, 0.717) is 5.75 Å². The van der Waals surface area contributed by atoms with Crippen molar-refractivity contribution in [3.8, 4) is 5.75 Å². The molecule has 0 spiro atoms. The van der Waals surface area contributed by atoms with Crippen molar-refractivity contribution >= 4 is 27.8 Å². The first-order chi connectivity index (χ1) is 7.72. The third-order valence-corrected chi connectivity index (χ3v) is 2.66. The zero-order chi connectivity index (χ0) is 11.5. The highest BCUT2D eigenvalue weighted by Gasteiger charge is 2.05. The highest BCUT2D eigenvalue weighted by atomic mass is 32.2. The summed E-state index contributed by atoms with van der Waals surface area (Å²) in [4.78, 5) is 0. The molecule has 0 aromatic heterocycles. The van der Waals surface area contributed by atoms with Crippen LogP contribution in [-0.4, -0.2) is 8.42 Å². The molecule has 2 aromatic carbocycles. The first-order valence-corrected chi connectivity index (χ1v) is 5.78. The third kappa shape index (κ3) is 1.92. The molecule has 0 aliphatic heterocycles. The van der Waals surface area contributed by atoms with Crippen molar-refractivity contribution in [1.82, 2.24) is 0 Å². The Morgan fingerprint density at radius 3 is 2.38 bits per heavy atom. The van der Waals surface area contributed by atoms with E-state index in [9.17, 15) is 8.42 Å². The molecule has 0 unspecified atom stereocenters. The minimum Gasteiger partial charge on any atom is -0.384 e. The van der Waals surface area contributed by atoms with Crippen molar-refractivity contribution in [3.63, 3.8) is 0 Å². The molecule has 0 saturated carbocycles. The highest BCUT2D eigenvalue weighted by Crippen LogP contribution is 2.29. The van der Waals surface area contributed by atoms with Crippen molar-refractivity contribution in [2.75, 3.05) is 0 Å². The molecule has 0 amide bonds.